The Bertz CT molecular complexity index is 954. The summed E-state index contributed by atoms with van der Waals surface area (Å²) >= 11 is 1.32. The summed E-state index contributed by atoms with van der Waals surface area (Å²) in [5, 5.41) is 7.35. The van der Waals surface area contributed by atoms with Crippen molar-refractivity contribution >= 4 is 29.1 Å². The van der Waals surface area contributed by atoms with E-state index in [9.17, 15) is 9.59 Å². The van der Waals surface area contributed by atoms with Gasteiger partial charge in [-0.3, -0.25) is 9.59 Å². The molecule has 138 valence electrons. The SMILES string of the molecule is CCc1noc(-c2ccc(SCC(=O)Nc3cccc(C(C)=O)c3)nc2)n1. The number of Topliss-reactive ketones (excluding diaryl/α,β-unsaturated/α-hetero) is 1. The number of ketones is 1. The molecule has 27 heavy (non-hydrogen) atoms. The van der Waals surface area contributed by atoms with E-state index in [2.05, 4.69) is 20.4 Å². The van der Waals surface area contributed by atoms with Crippen molar-refractivity contribution in [2.45, 2.75) is 25.3 Å². The molecule has 7 nitrogen and oxygen atoms in total. The fourth-order valence-corrected chi connectivity index (χ4v) is 2.90. The first-order chi connectivity index (χ1) is 13.0. The fraction of sp³-hybridized carbons (Fsp3) is 0.211. The molecule has 2 heterocycles. The van der Waals surface area contributed by atoms with Crippen LogP contribution in [0.3, 0.4) is 0 Å². The maximum Gasteiger partial charge on any atom is 0.259 e. The molecule has 0 saturated heterocycles. The van der Waals surface area contributed by atoms with Crippen molar-refractivity contribution in [3.63, 3.8) is 0 Å². The topological polar surface area (TPSA) is 98.0 Å². The average Bonchev–Trinajstić information content (AvgIpc) is 3.16. The van der Waals surface area contributed by atoms with E-state index in [4.69, 9.17) is 4.52 Å². The Labute approximate surface area is 160 Å². The van der Waals surface area contributed by atoms with Gasteiger partial charge in [-0.2, -0.15) is 4.98 Å². The van der Waals surface area contributed by atoms with Crippen LogP contribution in [-0.2, 0) is 11.2 Å². The van der Waals surface area contributed by atoms with E-state index in [0.717, 1.165) is 5.56 Å². The third-order valence-electron chi connectivity index (χ3n) is 3.67. The van der Waals surface area contributed by atoms with Gasteiger partial charge in [-0.15, -0.1) is 0 Å². The van der Waals surface area contributed by atoms with Crippen molar-refractivity contribution in [3.8, 4) is 11.5 Å². The van der Waals surface area contributed by atoms with E-state index in [1.165, 1.54) is 18.7 Å². The Morgan fingerprint density at radius 1 is 1.22 bits per heavy atom. The maximum absolute atomic E-state index is 12.1. The summed E-state index contributed by atoms with van der Waals surface area (Å²) in [5.41, 5.74) is 1.89. The zero-order chi connectivity index (χ0) is 19.2. The number of amides is 1. The van der Waals surface area contributed by atoms with Gasteiger partial charge in [-0.05, 0) is 31.2 Å². The number of hydrogen-bond acceptors (Lipinski definition) is 7. The van der Waals surface area contributed by atoms with Crippen molar-refractivity contribution in [2.24, 2.45) is 0 Å². The summed E-state index contributed by atoms with van der Waals surface area (Å²) < 4.78 is 5.18. The second-order valence-electron chi connectivity index (χ2n) is 5.73. The minimum absolute atomic E-state index is 0.0444. The molecule has 0 aliphatic rings. The molecule has 0 aliphatic heterocycles. The van der Waals surface area contributed by atoms with Gasteiger partial charge in [0.05, 0.1) is 16.3 Å². The second-order valence-corrected chi connectivity index (χ2v) is 6.72. The van der Waals surface area contributed by atoms with Gasteiger partial charge in [-0.1, -0.05) is 36.0 Å². The Balaban J connectivity index is 1.55. The minimum atomic E-state index is -0.170. The lowest BCUT2D eigenvalue weighted by Crippen LogP contribution is -2.14. The van der Waals surface area contributed by atoms with E-state index in [1.807, 2.05) is 13.0 Å². The molecule has 8 heteroatoms. The van der Waals surface area contributed by atoms with Crippen LogP contribution in [0.25, 0.3) is 11.5 Å². The lowest BCUT2D eigenvalue weighted by atomic mass is 10.1. The summed E-state index contributed by atoms with van der Waals surface area (Å²) in [6, 6.07) is 10.5. The van der Waals surface area contributed by atoms with Crippen molar-refractivity contribution in [1.82, 2.24) is 15.1 Å². The van der Waals surface area contributed by atoms with Crippen LogP contribution < -0.4 is 5.32 Å². The molecule has 1 N–H and O–H groups in total. The fourth-order valence-electron chi connectivity index (χ4n) is 2.26. The first-order valence-electron chi connectivity index (χ1n) is 8.38. The molecule has 0 aliphatic carbocycles. The van der Waals surface area contributed by atoms with Crippen LogP contribution in [0.5, 0.6) is 0 Å². The highest BCUT2D eigenvalue weighted by Gasteiger charge is 2.10. The number of pyridine rings is 1. The maximum atomic E-state index is 12.1. The number of carbonyl (C=O) groups is 2. The first-order valence-corrected chi connectivity index (χ1v) is 9.36. The smallest absolute Gasteiger partial charge is 0.259 e. The van der Waals surface area contributed by atoms with Gasteiger partial charge in [0.15, 0.2) is 11.6 Å². The molecule has 1 aromatic carbocycles. The van der Waals surface area contributed by atoms with Crippen LogP contribution in [0, 0.1) is 0 Å². The standard InChI is InChI=1S/C19H18N4O3S/c1-3-16-22-19(26-23-16)14-7-8-18(20-10-14)27-11-17(25)21-15-6-4-5-13(9-15)12(2)24/h4-10H,3,11H2,1-2H3,(H,21,25). The predicted molar refractivity (Wildman–Crippen MR) is 103 cm³/mol. The number of benzene rings is 1. The number of hydrogen-bond donors (Lipinski definition) is 1. The average molecular weight is 382 g/mol. The van der Waals surface area contributed by atoms with Crippen LogP contribution in [0.2, 0.25) is 0 Å². The van der Waals surface area contributed by atoms with Gasteiger partial charge in [0.25, 0.3) is 5.89 Å². The predicted octanol–water partition coefficient (Wildman–Crippen LogP) is 3.63. The van der Waals surface area contributed by atoms with Crippen LogP contribution in [-0.4, -0.2) is 32.6 Å². The van der Waals surface area contributed by atoms with E-state index in [-0.39, 0.29) is 17.4 Å². The Kier molecular flexibility index (Phi) is 5.97. The summed E-state index contributed by atoms with van der Waals surface area (Å²) in [6.07, 6.45) is 2.35. The molecule has 0 radical (unpaired) electrons. The molecule has 3 aromatic rings. The van der Waals surface area contributed by atoms with E-state index >= 15 is 0 Å². The highest BCUT2D eigenvalue weighted by atomic mass is 32.2. The highest BCUT2D eigenvalue weighted by molar-refractivity contribution is 7.99. The minimum Gasteiger partial charge on any atom is -0.334 e. The normalized spacial score (nSPS) is 10.6. The highest BCUT2D eigenvalue weighted by Crippen LogP contribution is 2.21. The molecule has 0 fully saturated rings. The number of carbonyl (C=O) groups excluding carboxylic acids is 2. The van der Waals surface area contributed by atoms with Gasteiger partial charge in [0.2, 0.25) is 5.91 Å². The third-order valence-corrected chi connectivity index (χ3v) is 4.62. The molecule has 0 atom stereocenters. The number of thioether (sulfide) groups is 1. The van der Waals surface area contributed by atoms with Crippen LogP contribution in [0.4, 0.5) is 5.69 Å². The number of nitrogens with one attached hydrogen (secondary N) is 1. The number of anilines is 1. The van der Waals surface area contributed by atoms with E-state index < -0.39 is 0 Å². The number of aryl methyl sites for hydroxylation is 1. The molecule has 1 amide bonds. The Hall–Kier alpha value is -3.00. The zero-order valence-corrected chi connectivity index (χ0v) is 15.7. The number of rotatable bonds is 7. The Morgan fingerprint density at radius 3 is 2.74 bits per heavy atom. The van der Waals surface area contributed by atoms with Gasteiger partial charge in [-0.25, -0.2) is 4.98 Å². The van der Waals surface area contributed by atoms with Crippen molar-refractivity contribution in [1.29, 1.82) is 0 Å². The van der Waals surface area contributed by atoms with Crippen LogP contribution in [0.15, 0.2) is 52.1 Å². The van der Waals surface area contributed by atoms with Crippen molar-refractivity contribution in [3.05, 3.63) is 54.0 Å². The molecule has 3 rings (SSSR count). The second kappa shape index (κ2) is 8.59. The third kappa shape index (κ3) is 5.01. The monoisotopic (exact) mass is 382 g/mol. The number of nitrogens with zero attached hydrogens (tertiary/aromatic N) is 3. The summed E-state index contributed by atoms with van der Waals surface area (Å²) in [6.45, 7) is 3.44. The van der Waals surface area contributed by atoms with E-state index in [0.29, 0.717) is 34.4 Å². The zero-order valence-electron chi connectivity index (χ0n) is 14.9. The lowest BCUT2D eigenvalue weighted by molar-refractivity contribution is -0.113. The lowest BCUT2D eigenvalue weighted by Gasteiger charge is -2.06. The van der Waals surface area contributed by atoms with Gasteiger partial charge in [0, 0.05) is 23.9 Å². The Morgan fingerprint density at radius 2 is 2.07 bits per heavy atom. The summed E-state index contributed by atoms with van der Waals surface area (Å²) in [5.74, 6) is 1.07. The quantitative estimate of drug-likeness (QED) is 0.492. The van der Waals surface area contributed by atoms with Crippen LogP contribution in [0.1, 0.15) is 30.0 Å². The van der Waals surface area contributed by atoms with Crippen LogP contribution >= 0.6 is 11.8 Å². The molecule has 2 aromatic heterocycles. The molecule has 0 saturated carbocycles. The first kappa shape index (κ1) is 18.8. The molecule has 0 unspecified atom stereocenters. The van der Waals surface area contributed by atoms with E-state index in [1.54, 1.807) is 36.5 Å². The van der Waals surface area contributed by atoms with Gasteiger partial charge < -0.3 is 9.84 Å². The van der Waals surface area contributed by atoms with Crippen molar-refractivity contribution < 1.29 is 14.1 Å². The number of aromatic nitrogens is 3. The molecular formula is C19H18N4O3S. The summed E-state index contributed by atoms with van der Waals surface area (Å²) in [7, 11) is 0. The van der Waals surface area contributed by atoms with Crippen molar-refractivity contribution in [2.75, 3.05) is 11.1 Å². The van der Waals surface area contributed by atoms with Gasteiger partial charge >= 0.3 is 0 Å². The molecule has 0 bridgehead atoms. The molecular weight excluding hydrogens is 364 g/mol. The van der Waals surface area contributed by atoms with Gasteiger partial charge in [0.1, 0.15) is 0 Å². The largest absolute Gasteiger partial charge is 0.334 e. The summed E-state index contributed by atoms with van der Waals surface area (Å²) in [4.78, 5) is 32.1. The molecule has 0 spiro atoms.